The molecule has 2 aromatic carbocycles. The van der Waals surface area contributed by atoms with Gasteiger partial charge in [0, 0.05) is 19.0 Å². The van der Waals surface area contributed by atoms with Gasteiger partial charge in [-0.1, -0.05) is 24.3 Å². The highest BCUT2D eigenvalue weighted by atomic mass is 32.2. The fraction of sp³-hybridized carbons (Fsp3) is 0.188. The fourth-order valence-electron chi connectivity index (χ4n) is 1.81. The number of carbonyl (C=O) groups excluding carboxylic acids is 1. The molecule has 7 heteroatoms. The Morgan fingerprint density at radius 1 is 1.09 bits per heavy atom. The van der Waals surface area contributed by atoms with Crippen molar-refractivity contribution in [2.24, 2.45) is 0 Å². The second-order valence-electron chi connectivity index (χ2n) is 5.18. The number of nitrogens with one attached hydrogen (secondary N) is 1. The van der Waals surface area contributed by atoms with Gasteiger partial charge in [0.25, 0.3) is 15.3 Å². The quantitative estimate of drug-likeness (QED) is 0.856. The number of para-hydroxylation sites is 1. The normalized spacial score (nSPS) is 11.1. The SMILES string of the molecule is Cc1cccc(S(=O)(=O)Nc2ccccc2SC(=O)N(C)C)c1. The van der Waals surface area contributed by atoms with Crippen molar-refractivity contribution in [1.29, 1.82) is 0 Å². The molecule has 2 aromatic rings. The number of benzene rings is 2. The van der Waals surface area contributed by atoms with Crippen LogP contribution in [0, 0.1) is 6.92 Å². The van der Waals surface area contributed by atoms with Crippen LogP contribution >= 0.6 is 11.8 Å². The van der Waals surface area contributed by atoms with Crippen molar-refractivity contribution in [2.45, 2.75) is 16.7 Å². The van der Waals surface area contributed by atoms with Gasteiger partial charge in [-0.2, -0.15) is 0 Å². The van der Waals surface area contributed by atoms with Crippen LogP contribution < -0.4 is 4.72 Å². The first-order valence-corrected chi connectivity index (χ1v) is 9.17. The first-order chi connectivity index (χ1) is 10.8. The van der Waals surface area contributed by atoms with Crippen molar-refractivity contribution in [3.63, 3.8) is 0 Å². The van der Waals surface area contributed by atoms with Crippen LogP contribution in [0.4, 0.5) is 10.5 Å². The first-order valence-electron chi connectivity index (χ1n) is 6.87. The van der Waals surface area contributed by atoms with Crippen LogP contribution in [0.5, 0.6) is 0 Å². The zero-order valence-corrected chi connectivity index (χ0v) is 14.7. The molecule has 122 valence electrons. The monoisotopic (exact) mass is 350 g/mol. The molecule has 0 heterocycles. The standard InChI is InChI=1S/C16H18N2O3S2/c1-12-7-6-8-13(11-12)23(20,21)17-14-9-4-5-10-15(14)22-16(19)18(2)3/h4-11,17H,1-3H3. The lowest BCUT2D eigenvalue weighted by Gasteiger charge is -2.14. The maximum absolute atomic E-state index is 12.5. The average molecular weight is 350 g/mol. The molecule has 0 spiro atoms. The number of rotatable bonds is 4. The lowest BCUT2D eigenvalue weighted by Crippen LogP contribution is -2.17. The predicted molar refractivity (Wildman–Crippen MR) is 93.4 cm³/mol. The van der Waals surface area contributed by atoms with Gasteiger partial charge in [0.15, 0.2) is 0 Å². The Morgan fingerprint density at radius 3 is 2.43 bits per heavy atom. The van der Waals surface area contributed by atoms with Gasteiger partial charge in [0.1, 0.15) is 0 Å². The van der Waals surface area contributed by atoms with Crippen molar-refractivity contribution >= 4 is 32.7 Å². The number of anilines is 1. The van der Waals surface area contributed by atoms with E-state index in [1.807, 2.05) is 13.0 Å². The van der Waals surface area contributed by atoms with E-state index in [1.165, 1.54) is 11.0 Å². The molecule has 1 N–H and O–H groups in total. The van der Waals surface area contributed by atoms with Crippen molar-refractivity contribution < 1.29 is 13.2 Å². The third-order valence-corrected chi connectivity index (χ3v) is 5.47. The van der Waals surface area contributed by atoms with E-state index in [-0.39, 0.29) is 10.1 Å². The number of amides is 1. The molecule has 0 atom stereocenters. The molecule has 0 aliphatic rings. The van der Waals surface area contributed by atoms with E-state index in [0.29, 0.717) is 10.6 Å². The number of sulfonamides is 1. The Labute approximate surface area is 140 Å². The number of hydrogen-bond acceptors (Lipinski definition) is 4. The van der Waals surface area contributed by atoms with Crippen molar-refractivity contribution in [1.82, 2.24) is 4.90 Å². The summed E-state index contributed by atoms with van der Waals surface area (Å²) in [4.78, 5) is 14.0. The van der Waals surface area contributed by atoms with Crippen LogP contribution in [0.25, 0.3) is 0 Å². The molecule has 0 aromatic heterocycles. The molecule has 0 aliphatic carbocycles. The number of carbonyl (C=O) groups is 1. The van der Waals surface area contributed by atoms with Gasteiger partial charge in [-0.3, -0.25) is 9.52 Å². The van der Waals surface area contributed by atoms with Crippen LogP contribution in [0.3, 0.4) is 0 Å². The minimum atomic E-state index is -3.70. The van der Waals surface area contributed by atoms with Crippen LogP contribution in [-0.4, -0.2) is 32.7 Å². The molecule has 0 fully saturated rings. The van der Waals surface area contributed by atoms with Crippen molar-refractivity contribution in [3.8, 4) is 0 Å². The molecule has 1 amide bonds. The lowest BCUT2D eigenvalue weighted by molar-refractivity contribution is 0.241. The third kappa shape index (κ3) is 4.49. The first kappa shape index (κ1) is 17.4. The van der Waals surface area contributed by atoms with E-state index >= 15 is 0 Å². The van der Waals surface area contributed by atoms with Crippen molar-refractivity contribution in [2.75, 3.05) is 18.8 Å². The number of hydrogen-bond donors (Lipinski definition) is 1. The van der Waals surface area contributed by atoms with Gasteiger partial charge in [-0.15, -0.1) is 0 Å². The molecular formula is C16H18N2O3S2. The Morgan fingerprint density at radius 2 is 1.78 bits per heavy atom. The number of thioether (sulfide) groups is 1. The second-order valence-corrected chi connectivity index (χ2v) is 7.86. The van der Waals surface area contributed by atoms with Gasteiger partial charge in [0.2, 0.25) is 0 Å². The zero-order valence-electron chi connectivity index (χ0n) is 13.1. The Bertz CT molecular complexity index is 818. The molecule has 0 saturated heterocycles. The van der Waals surface area contributed by atoms with Crippen LogP contribution in [0.15, 0.2) is 58.3 Å². The van der Waals surface area contributed by atoms with E-state index in [2.05, 4.69) is 4.72 Å². The minimum absolute atomic E-state index is 0.174. The molecule has 5 nitrogen and oxygen atoms in total. The summed E-state index contributed by atoms with van der Waals surface area (Å²) in [7, 11) is -0.407. The minimum Gasteiger partial charge on any atom is -0.339 e. The summed E-state index contributed by atoms with van der Waals surface area (Å²) >= 11 is 0.977. The summed E-state index contributed by atoms with van der Waals surface area (Å²) in [5.74, 6) is 0. The lowest BCUT2D eigenvalue weighted by atomic mass is 10.2. The molecule has 0 aliphatic heterocycles. The summed E-state index contributed by atoms with van der Waals surface area (Å²) in [6, 6.07) is 13.5. The highest BCUT2D eigenvalue weighted by Gasteiger charge is 2.17. The smallest absolute Gasteiger partial charge is 0.286 e. The molecular weight excluding hydrogens is 332 g/mol. The number of aryl methyl sites for hydroxylation is 1. The van der Waals surface area contributed by atoms with E-state index < -0.39 is 10.0 Å². The molecule has 0 saturated carbocycles. The summed E-state index contributed by atoms with van der Waals surface area (Å²) in [6.45, 7) is 1.83. The summed E-state index contributed by atoms with van der Waals surface area (Å²) in [6.07, 6.45) is 0. The largest absolute Gasteiger partial charge is 0.339 e. The van der Waals surface area contributed by atoms with E-state index in [9.17, 15) is 13.2 Å². The van der Waals surface area contributed by atoms with Crippen molar-refractivity contribution in [3.05, 3.63) is 54.1 Å². The Balaban J connectivity index is 2.31. The second kappa shape index (κ2) is 7.06. The highest BCUT2D eigenvalue weighted by Crippen LogP contribution is 2.30. The molecule has 2 rings (SSSR count). The van der Waals surface area contributed by atoms with E-state index in [1.54, 1.807) is 50.5 Å². The van der Waals surface area contributed by atoms with Gasteiger partial charge in [-0.05, 0) is 48.5 Å². The summed E-state index contributed by atoms with van der Waals surface area (Å²) < 4.78 is 27.6. The van der Waals surface area contributed by atoms with Gasteiger partial charge in [-0.25, -0.2) is 8.42 Å². The maximum atomic E-state index is 12.5. The maximum Gasteiger partial charge on any atom is 0.286 e. The molecule has 0 unspecified atom stereocenters. The van der Waals surface area contributed by atoms with E-state index in [0.717, 1.165) is 17.3 Å². The Hall–Kier alpha value is -1.99. The van der Waals surface area contributed by atoms with Crippen LogP contribution in [0.2, 0.25) is 0 Å². The van der Waals surface area contributed by atoms with Crippen LogP contribution in [0.1, 0.15) is 5.56 Å². The fourth-order valence-corrected chi connectivity index (χ4v) is 3.81. The van der Waals surface area contributed by atoms with Crippen LogP contribution in [-0.2, 0) is 10.0 Å². The third-order valence-electron chi connectivity index (χ3n) is 2.99. The topological polar surface area (TPSA) is 66.5 Å². The molecule has 23 heavy (non-hydrogen) atoms. The molecule has 0 radical (unpaired) electrons. The van der Waals surface area contributed by atoms with E-state index in [4.69, 9.17) is 0 Å². The van der Waals surface area contributed by atoms with Gasteiger partial charge in [0.05, 0.1) is 10.6 Å². The predicted octanol–water partition coefficient (Wildman–Crippen LogP) is 3.57. The Kier molecular flexibility index (Phi) is 5.33. The van der Waals surface area contributed by atoms with Gasteiger partial charge < -0.3 is 4.90 Å². The summed E-state index contributed by atoms with van der Waals surface area (Å²) in [5, 5.41) is -0.174. The summed E-state index contributed by atoms with van der Waals surface area (Å²) in [5.41, 5.74) is 1.24. The highest BCUT2D eigenvalue weighted by molar-refractivity contribution is 8.13. The zero-order chi connectivity index (χ0) is 17.0. The van der Waals surface area contributed by atoms with Gasteiger partial charge >= 0.3 is 0 Å². The molecule has 0 bridgehead atoms. The average Bonchev–Trinajstić information content (AvgIpc) is 2.49. The number of nitrogens with zero attached hydrogens (tertiary/aromatic N) is 1.